The lowest BCUT2D eigenvalue weighted by Crippen LogP contribution is -2.46. The van der Waals surface area contributed by atoms with E-state index in [1.807, 2.05) is 0 Å². The highest BCUT2D eigenvalue weighted by molar-refractivity contribution is 5.93. The minimum absolute atomic E-state index is 0.0745. The van der Waals surface area contributed by atoms with E-state index in [1.54, 1.807) is 0 Å². The summed E-state index contributed by atoms with van der Waals surface area (Å²) in [5, 5.41) is 1.10. The molecule has 0 bridgehead atoms. The summed E-state index contributed by atoms with van der Waals surface area (Å²) in [5.74, 6) is 0.803. The van der Waals surface area contributed by atoms with Gasteiger partial charge in [0, 0.05) is 23.0 Å². The van der Waals surface area contributed by atoms with Crippen molar-refractivity contribution >= 4 is 16.9 Å². The molecule has 0 atom stereocenters. The number of aromatic nitrogens is 2. The smallest absolute Gasteiger partial charge is 0.227 e. The maximum absolute atomic E-state index is 5.21. The number of fused-ring (bicyclic) bond motifs is 2. The normalized spacial score (nSPS) is 17.1. The van der Waals surface area contributed by atoms with Crippen molar-refractivity contribution in [2.24, 2.45) is 0 Å². The highest BCUT2D eigenvalue weighted by Crippen LogP contribution is 2.43. The molecule has 0 N–H and O–H groups in total. The van der Waals surface area contributed by atoms with Crippen LogP contribution in [0.1, 0.15) is 50.8 Å². The van der Waals surface area contributed by atoms with Crippen molar-refractivity contribution < 1.29 is 0 Å². The predicted molar refractivity (Wildman–Crippen MR) is 134 cm³/mol. The highest BCUT2D eigenvalue weighted by Gasteiger charge is 2.40. The van der Waals surface area contributed by atoms with Crippen LogP contribution in [-0.4, -0.2) is 15.5 Å². The zero-order valence-corrected chi connectivity index (χ0v) is 19.7. The second-order valence-electron chi connectivity index (χ2n) is 10.4. The van der Waals surface area contributed by atoms with E-state index >= 15 is 0 Å². The molecule has 0 aliphatic carbocycles. The summed E-state index contributed by atoms with van der Waals surface area (Å²) in [6, 6.07) is 25.8. The van der Waals surface area contributed by atoms with E-state index in [-0.39, 0.29) is 11.0 Å². The quantitative estimate of drug-likeness (QED) is 0.346. The third kappa shape index (κ3) is 3.56. The summed E-state index contributed by atoms with van der Waals surface area (Å²) in [5.41, 5.74) is 7.10. The number of hydrogen-bond acceptors (Lipinski definition) is 3. The molecule has 0 radical (unpaired) electrons. The van der Waals surface area contributed by atoms with Crippen molar-refractivity contribution in [3.05, 3.63) is 89.5 Å². The van der Waals surface area contributed by atoms with Crippen molar-refractivity contribution in [1.29, 1.82) is 0 Å². The first kappa shape index (κ1) is 20.7. The number of anilines is 1. The van der Waals surface area contributed by atoms with E-state index in [4.69, 9.17) is 9.97 Å². The average Bonchev–Trinajstić information content (AvgIpc) is 2.84. The Morgan fingerprint density at radius 2 is 1.53 bits per heavy atom. The molecule has 2 heterocycles. The van der Waals surface area contributed by atoms with Gasteiger partial charge in [0.05, 0.1) is 11.2 Å². The SMILES string of the molecule is Cc1ccc2nc(N3Cc4ccccc4C(C)(C)CC3(C)C)nc(-c3ccccc3)c2c1. The Labute approximate surface area is 191 Å². The third-order valence-electron chi connectivity index (χ3n) is 6.81. The van der Waals surface area contributed by atoms with Crippen molar-refractivity contribution in [3.8, 4) is 11.3 Å². The van der Waals surface area contributed by atoms with Crippen LogP contribution in [0.15, 0.2) is 72.8 Å². The van der Waals surface area contributed by atoms with Gasteiger partial charge in [-0.05, 0) is 55.9 Å². The van der Waals surface area contributed by atoms with Crippen molar-refractivity contribution in [2.45, 2.75) is 58.5 Å². The summed E-state index contributed by atoms with van der Waals surface area (Å²) in [6.07, 6.45) is 1.02. The van der Waals surface area contributed by atoms with Gasteiger partial charge in [-0.3, -0.25) is 0 Å². The molecule has 3 heteroatoms. The number of aryl methyl sites for hydroxylation is 1. The Hall–Kier alpha value is -3.20. The molecule has 4 aromatic rings. The van der Waals surface area contributed by atoms with Gasteiger partial charge in [0.25, 0.3) is 0 Å². The monoisotopic (exact) mass is 421 g/mol. The van der Waals surface area contributed by atoms with E-state index in [9.17, 15) is 0 Å². The maximum atomic E-state index is 5.21. The van der Waals surface area contributed by atoms with Gasteiger partial charge in [0.2, 0.25) is 5.95 Å². The zero-order chi connectivity index (χ0) is 22.5. The highest BCUT2D eigenvalue weighted by atomic mass is 15.3. The lowest BCUT2D eigenvalue weighted by atomic mass is 9.75. The van der Waals surface area contributed by atoms with Gasteiger partial charge < -0.3 is 4.90 Å². The lowest BCUT2D eigenvalue weighted by molar-refractivity contribution is 0.338. The molecule has 3 aromatic carbocycles. The molecule has 162 valence electrons. The van der Waals surface area contributed by atoms with Gasteiger partial charge in [0.1, 0.15) is 0 Å². The fourth-order valence-corrected chi connectivity index (χ4v) is 5.48. The third-order valence-corrected chi connectivity index (χ3v) is 6.81. The average molecular weight is 422 g/mol. The van der Waals surface area contributed by atoms with Crippen LogP contribution in [0.2, 0.25) is 0 Å². The van der Waals surface area contributed by atoms with Crippen LogP contribution in [0.3, 0.4) is 0 Å². The topological polar surface area (TPSA) is 29.0 Å². The number of benzene rings is 3. The first-order valence-electron chi connectivity index (χ1n) is 11.4. The molecule has 0 saturated heterocycles. The fourth-order valence-electron chi connectivity index (χ4n) is 5.48. The molecule has 1 aliphatic heterocycles. The Bertz CT molecular complexity index is 1290. The molecule has 0 unspecified atom stereocenters. The number of hydrogen-bond donors (Lipinski definition) is 0. The Kier molecular flexibility index (Phi) is 4.81. The second kappa shape index (κ2) is 7.44. The fraction of sp³-hybridized carbons (Fsp3) is 0.310. The maximum Gasteiger partial charge on any atom is 0.227 e. The van der Waals surface area contributed by atoms with Gasteiger partial charge in [0.15, 0.2) is 0 Å². The predicted octanol–water partition coefficient (Wildman–Crippen LogP) is 7.07. The molecular weight excluding hydrogens is 390 g/mol. The summed E-state index contributed by atoms with van der Waals surface area (Å²) < 4.78 is 0. The molecule has 0 fully saturated rings. The lowest BCUT2D eigenvalue weighted by Gasteiger charge is -2.40. The van der Waals surface area contributed by atoms with E-state index < -0.39 is 0 Å². The molecule has 0 amide bonds. The Morgan fingerprint density at radius 3 is 2.31 bits per heavy atom. The van der Waals surface area contributed by atoms with Crippen LogP contribution in [0.25, 0.3) is 22.2 Å². The minimum atomic E-state index is -0.102. The van der Waals surface area contributed by atoms with Gasteiger partial charge in [-0.25, -0.2) is 9.97 Å². The summed E-state index contributed by atoms with van der Waals surface area (Å²) >= 11 is 0. The van der Waals surface area contributed by atoms with Crippen molar-refractivity contribution in [3.63, 3.8) is 0 Å². The first-order valence-corrected chi connectivity index (χ1v) is 11.4. The molecule has 3 nitrogen and oxygen atoms in total. The van der Waals surface area contributed by atoms with E-state index in [0.717, 1.165) is 41.1 Å². The van der Waals surface area contributed by atoms with Crippen molar-refractivity contribution in [1.82, 2.24) is 9.97 Å². The van der Waals surface area contributed by atoms with Crippen LogP contribution >= 0.6 is 0 Å². The molecule has 32 heavy (non-hydrogen) atoms. The first-order chi connectivity index (χ1) is 15.2. The standard InChI is InChI=1S/C29H31N3/c1-20-15-16-25-23(17-20)26(21-11-7-6-8-12-21)31-27(30-25)32-18-22-13-9-10-14-24(22)28(2,3)19-29(32,4)5/h6-17H,18-19H2,1-5H3. The molecule has 1 aromatic heterocycles. The van der Waals surface area contributed by atoms with E-state index in [2.05, 4.69) is 112 Å². The van der Waals surface area contributed by atoms with Gasteiger partial charge in [-0.2, -0.15) is 0 Å². The van der Waals surface area contributed by atoms with Gasteiger partial charge >= 0.3 is 0 Å². The zero-order valence-electron chi connectivity index (χ0n) is 19.7. The largest absolute Gasteiger partial charge is 0.331 e. The molecular formula is C29H31N3. The van der Waals surface area contributed by atoms with Crippen LogP contribution < -0.4 is 4.90 Å². The van der Waals surface area contributed by atoms with Crippen LogP contribution in [0.5, 0.6) is 0 Å². The number of nitrogens with zero attached hydrogens (tertiary/aromatic N) is 3. The van der Waals surface area contributed by atoms with Gasteiger partial charge in [-0.1, -0.05) is 80.1 Å². The second-order valence-corrected chi connectivity index (χ2v) is 10.4. The van der Waals surface area contributed by atoms with Crippen LogP contribution in [0.4, 0.5) is 5.95 Å². The van der Waals surface area contributed by atoms with Crippen molar-refractivity contribution in [2.75, 3.05) is 4.90 Å². The number of rotatable bonds is 2. The summed E-state index contributed by atoms with van der Waals surface area (Å²) in [7, 11) is 0. The summed E-state index contributed by atoms with van der Waals surface area (Å²) in [6.45, 7) is 12.3. The summed E-state index contributed by atoms with van der Waals surface area (Å²) in [4.78, 5) is 12.7. The van der Waals surface area contributed by atoms with Gasteiger partial charge in [-0.15, -0.1) is 0 Å². The molecule has 1 aliphatic rings. The van der Waals surface area contributed by atoms with E-state index in [1.165, 1.54) is 16.7 Å². The Morgan fingerprint density at radius 1 is 0.812 bits per heavy atom. The molecule has 5 rings (SSSR count). The van der Waals surface area contributed by atoms with E-state index in [0.29, 0.717) is 0 Å². The molecule has 0 saturated carbocycles. The molecule has 0 spiro atoms. The van der Waals surface area contributed by atoms with Crippen LogP contribution in [-0.2, 0) is 12.0 Å². The Balaban J connectivity index is 1.73. The van der Waals surface area contributed by atoms with Crippen LogP contribution in [0, 0.1) is 6.92 Å². The minimum Gasteiger partial charge on any atom is -0.331 e.